The highest BCUT2D eigenvalue weighted by molar-refractivity contribution is 5.85. The molecule has 1 atom stereocenters. The molecule has 31 heavy (non-hydrogen) atoms. The van der Waals surface area contributed by atoms with Gasteiger partial charge in [0.25, 0.3) is 0 Å². The van der Waals surface area contributed by atoms with Crippen LogP contribution in [0.25, 0.3) is 10.9 Å². The molecule has 1 aromatic heterocycles. The van der Waals surface area contributed by atoms with E-state index in [2.05, 4.69) is 53.2 Å². The van der Waals surface area contributed by atoms with Crippen molar-refractivity contribution in [2.45, 2.75) is 19.9 Å². The Morgan fingerprint density at radius 1 is 1.10 bits per heavy atom. The number of hydrogen-bond donors (Lipinski definition) is 1. The molecular weight excluding hydrogens is 394 g/mol. The molecule has 7 nitrogen and oxygen atoms in total. The maximum Gasteiger partial charge on any atom is 0.409 e. The van der Waals surface area contributed by atoms with Gasteiger partial charge in [0.1, 0.15) is 0 Å². The Morgan fingerprint density at radius 2 is 1.87 bits per heavy atom. The Balaban J connectivity index is 1.53. The lowest BCUT2D eigenvalue weighted by molar-refractivity contribution is 0.0716. The maximum atomic E-state index is 12.2. The molecule has 162 valence electrons. The Labute approximate surface area is 181 Å². The molecule has 1 amide bonds. The average Bonchev–Trinajstić information content (AvgIpc) is 3.38. The Bertz CT molecular complexity index is 1100. The number of carbonyl (C=O) groups is 1. The van der Waals surface area contributed by atoms with Crippen molar-refractivity contribution < 1.29 is 19.0 Å². The molecule has 1 N–H and O–H groups in total. The molecule has 2 aliphatic heterocycles. The van der Waals surface area contributed by atoms with Crippen molar-refractivity contribution in [1.29, 1.82) is 0 Å². The quantitative estimate of drug-likeness (QED) is 0.688. The molecule has 0 bridgehead atoms. The van der Waals surface area contributed by atoms with Crippen LogP contribution in [0, 0.1) is 6.92 Å². The summed E-state index contributed by atoms with van der Waals surface area (Å²) in [6, 6.07) is 14.6. The first-order valence-corrected chi connectivity index (χ1v) is 10.8. The maximum absolute atomic E-state index is 12.2. The highest BCUT2D eigenvalue weighted by atomic mass is 16.7. The molecule has 1 saturated heterocycles. The van der Waals surface area contributed by atoms with Crippen molar-refractivity contribution in [3.8, 4) is 11.5 Å². The van der Waals surface area contributed by atoms with Crippen molar-refractivity contribution in [3.63, 3.8) is 0 Å². The van der Waals surface area contributed by atoms with E-state index in [-0.39, 0.29) is 18.9 Å². The third-order valence-corrected chi connectivity index (χ3v) is 6.13. The second-order valence-electron chi connectivity index (χ2n) is 7.95. The molecule has 2 aromatic carbocycles. The molecule has 1 fully saturated rings. The zero-order valence-corrected chi connectivity index (χ0v) is 17.9. The first-order valence-electron chi connectivity index (χ1n) is 10.8. The van der Waals surface area contributed by atoms with E-state index in [0.717, 1.165) is 41.4 Å². The summed E-state index contributed by atoms with van der Waals surface area (Å²) < 4.78 is 16.4. The van der Waals surface area contributed by atoms with Crippen LogP contribution in [0.5, 0.6) is 11.5 Å². The lowest BCUT2D eigenvalue weighted by Gasteiger charge is -2.39. The third kappa shape index (κ3) is 3.59. The number of H-pyrrole nitrogens is 1. The predicted octanol–water partition coefficient (Wildman–Crippen LogP) is 4.07. The van der Waals surface area contributed by atoms with Crippen LogP contribution >= 0.6 is 0 Å². The number of aromatic nitrogens is 1. The second-order valence-corrected chi connectivity index (χ2v) is 7.95. The van der Waals surface area contributed by atoms with Crippen LogP contribution in [0.3, 0.4) is 0 Å². The van der Waals surface area contributed by atoms with Crippen LogP contribution in [0.1, 0.15) is 29.8 Å². The SMILES string of the molecule is CCOC(=O)N1CCN(C(c2ccc3c(c2)OCO3)c2c(C)[nH]c3ccccc23)CC1. The van der Waals surface area contributed by atoms with Gasteiger partial charge in [0.15, 0.2) is 11.5 Å². The minimum Gasteiger partial charge on any atom is -0.454 e. The summed E-state index contributed by atoms with van der Waals surface area (Å²) in [6.45, 7) is 7.42. The van der Waals surface area contributed by atoms with E-state index >= 15 is 0 Å². The number of aryl methyl sites for hydroxylation is 1. The highest BCUT2D eigenvalue weighted by Crippen LogP contribution is 2.41. The van der Waals surface area contributed by atoms with Gasteiger partial charge in [-0.1, -0.05) is 24.3 Å². The van der Waals surface area contributed by atoms with Crippen LogP contribution in [0.4, 0.5) is 4.79 Å². The fraction of sp³-hybridized carbons (Fsp3) is 0.375. The summed E-state index contributed by atoms with van der Waals surface area (Å²) in [7, 11) is 0. The number of benzene rings is 2. The normalized spacial score (nSPS) is 17.2. The van der Waals surface area contributed by atoms with E-state index in [1.165, 1.54) is 10.9 Å². The number of rotatable bonds is 4. The number of carbonyl (C=O) groups excluding carboxylic acids is 1. The molecule has 2 aliphatic rings. The van der Waals surface area contributed by atoms with Crippen molar-refractivity contribution in [2.75, 3.05) is 39.6 Å². The number of para-hydroxylation sites is 1. The predicted molar refractivity (Wildman–Crippen MR) is 118 cm³/mol. The van der Waals surface area contributed by atoms with Crippen molar-refractivity contribution >= 4 is 17.0 Å². The molecule has 7 heteroatoms. The van der Waals surface area contributed by atoms with Gasteiger partial charge in [-0.25, -0.2) is 4.79 Å². The summed E-state index contributed by atoms with van der Waals surface area (Å²) in [5, 5.41) is 1.22. The number of aromatic amines is 1. The van der Waals surface area contributed by atoms with E-state index in [0.29, 0.717) is 19.7 Å². The number of fused-ring (bicyclic) bond motifs is 2. The summed E-state index contributed by atoms with van der Waals surface area (Å²) in [4.78, 5) is 20.0. The van der Waals surface area contributed by atoms with Gasteiger partial charge in [-0.05, 0) is 37.6 Å². The first-order chi connectivity index (χ1) is 15.2. The van der Waals surface area contributed by atoms with E-state index in [9.17, 15) is 4.79 Å². The molecule has 0 spiro atoms. The van der Waals surface area contributed by atoms with Crippen LogP contribution in [-0.4, -0.2) is 60.5 Å². The van der Waals surface area contributed by atoms with Gasteiger partial charge in [0.2, 0.25) is 6.79 Å². The zero-order valence-electron chi connectivity index (χ0n) is 17.9. The number of piperazine rings is 1. The largest absolute Gasteiger partial charge is 0.454 e. The van der Waals surface area contributed by atoms with E-state index in [1.54, 1.807) is 4.90 Å². The van der Waals surface area contributed by atoms with E-state index < -0.39 is 0 Å². The lowest BCUT2D eigenvalue weighted by Crippen LogP contribution is -2.50. The molecule has 1 unspecified atom stereocenters. The van der Waals surface area contributed by atoms with Gasteiger partial charge in [0, 0.05) is 48.3 Å². The van der Waals surface area contributed by atoms with Crippen molar-refractivity contribution in [1.82, 2.24) is 14.8 Å². The average molecular weight is 421 g/mol. The Morgan fingerprint density at radius 3 is 2.68 bits per heavy atom. The first kappa shape index (κ1) is 19.8. The third-order valence-electron chi connectivity index (χ3n) is 6.13. The number of hydrogen-bond acceptors (Lipinski definition) is 5. The molecule has 5 rings (SSSR count). The van der Waals surface area contributed by atoms with Gasteiger partial charge < -0.3 is 24.1 Å². The number of ether oxygens (including phenoxy) is 3. The molecule has 0 radical (unpaired) electrons. The van der Waals surface area contributed by atoms with Crippen LogP contribution in [-0.2, 0) is 4.74 Å². The minimum atomic E-state index is -0.231. The molecular formula is C24H27N3O4. The van der Waals surface area contributed by atoms with Crippen molar-refractivity contribution in [2.24, 2.45) is 0 Å². The zero-order chi connectivity index (χ0) is 21.4. The molecule has 0 aliphatic carbocycles. The smallest absolute Gasteiger partial charge is 0.409 e. The van der Waals surface area contributed by atoms with Gasteiger partial charge in [-0.2, -0.15) is 0 Å². The number of nitrogens with zero attached hydrogens (tertiary/aromatic N) is 2. The molecule has 3 aromatic rings. The Kier molecular flexibility index (Phi) is 5.19. The minimum absolute atomic E-state index is 0.0370. The summed E-state index contributed by atoms with van der Waals surface area (Å²) in [6.07, 6.45) is -0.231. The van der Waals surface area contributed by atoms with E-state index in [1.807, 2.05) is 13.0 Å². The van der Waals surface area contributed by atoms with Gasteiger partial charge in [-0.3, -0.25) is 4.90 Å². The highest BCUT2D eigenvalue weighted by Gasteiger charge is 2.32. The van der Waals surface area contributed by atoms with Crippen LogP contribution < -0.4 is 9.47 Å². The number of amides is 1. The number of nitrogens with one attached hydrogen (secondary N) is 1. The van der Waals surface area contributed by atoms with Gasteiger partial charge in [0.05, 0.1) is 12.6 Å². The topological polar surface area (TPSA) is 67.0 Å². The van der Waals surface area contributed by atoms with Crippen molar-refractivity contribution in [3.05, 3.63) is 59.3 Å². The second kappa shape index (κ2) is 8.15. The summed E-state index contributed by atoms with van der Waals surface area (Å²) in [5.74, 6) is 1.57. The fourth-order valence-electron chi connectivity index (χ4n) is 4.67. The molecule has 3 heterocycles. The van der Waals surface area contributed by atoms with Gasteiger partial charge in [-0.15, -0.1) is 0 Å². The summed E-state index contributed by atoms with van der Waals surface area (Å²) >= 11 is 0. The van der Waals surface area contributed by atoms with E-state index in [4.69, 9.17) is 14.2 Å². The Hall–Kier alpha value is -3.19. The fourth-order valence-corrected chi connectivity index (χ4v) is 4.67. The molecule has 0 saturated carbocycles. The van der Waals surface area contributed by atoms with Crippen LogP contribution in [0.2, 0.25) is 0 Å². The standard InChI is InChI=1S/C24H27N3O4/c1-3-29-24(28)27-12-10-26(11-13-27)23(17-8-9-20-21(14-17)31-15-30-20)22-16(2)25-19-7-5-4-6-18(19)22/h4-9,14,23,25H,3,10-13,15H2,1-2H3. The lowest BCUT2D eigenvalue weighted by atomic mass is 9.93. The summed E-state index contributed by atoms with van der Waals surface area (Å²) in [5.41, 5.74) is 4.70. The van der Waals surface area contributed by atoms with Crippen LogP contribution in [0.15, 0.2) is 42.5 Å². The van der Waals surface area contributed by atoms with Gasteiger partial charge >= 0.3 is 6.09 Å². The monoisotopic (exact) mass is 421 g/mol.